The molecule has 1 unspecified atom stereocenters. The number of carbonyl (C=O) groups is 3. The number of carbonyl (C=O) groups excluding carboxylic acids is 3. The number of esters is 3. The molecule has 0 aliphatic rings. The van der Waals surface area contributed by atoms with Crippen LogP contribution in [0.15, 0.2) is 36.5 Å². The van der Waals surface area contributed by atoms with Crippen molar-refractivity contribution in [3.05, 3.63) is 36.5 Å². The quantitative estimate of drug-likeness (QED) is 0.0262. The van der Waals surface area contributed by atoms with E-state index in [1.807, 2.05) is 0 Å². The molecule has 1 atom stereocenters. The van der Waals surface area contributed by atoms with E-state index in [0.29, 0.717) is 19.3 Å². The zero-order chi connectivity index (χ0) is 44.4. The van der Waals surface area contributed by atoms with Crippen LogP contribution >= 0.6 is 0 Å². The average Bonchev–Trinajstić information content (AvgIpc) is 3.26. The molecule has 0 aromatic carbocycles. The lowest BCUT2D eigenvalue weighted by atomic mass is 10.0. The second kappa shape index (κ2) is 50.3. The third-order valence-electron chi connectivity index (χ3n) is 11.7. The van der Waals surface area contributed by atoms with E-state index in [9.17, 15) is 14.4 Å². The maximum absolute atomic E-state index is 12.8. The van der Waals surface area contributed by atoms with Gasteiger partial charge in [-0.25, -0.2) is 0 Å². The predicted molar refractivity (Wildman–Crippen MR) is 261 cm³/mol. The standard InChI is InChI=1S/C55H100O6/c1-4-7-10-13-16-19-22-25-27-28-31-33-36-39-42-45-48-54(57)60-51-52(50-59-53(56)47-44-41-38-35-32-29-24-21-18-15-12-9-6-3)61-55(58)49-46-43-40-37-34-30-26-23-20-17-14-11-8-5-2/h9,12,15,18,21,24,52H,4-8,10-11,13-14,16-17,19-20,22-23,25-51H2,1-3H3/b12-9+,18-15+,24-21+. The molecule has 0 aliphatic heterocycles. The van der Waals surface area contributed by atoms with Gasteiger partial charge in [-0.15, -0.1) is 0 Å². The van der Waals surface area contributed by atoms with Gasteiger partial charge in [0, 0.05) is 19.3 Å². The first kappa shape index (κ1) is 58.6. The van der Waals surface area contributed by atoms with Gasteiger partial charge < -0.3 is 14.2 Å². The maximum atomic E-state index is 12.8. The van der Waals surface area contributed by atoms with Gasteiger partial charge in [0.2, 0.25) is 0 Å². The zero-order valence-corrected chi connectivity index (χ0v) is 40.7. The fourth-order valence-corrected chi connectivity index (χ4v) is 7.74. The summed E-state index contributed by atoms with van der Waals surface area (Å²) < 4.78 is 16.8. The molecular formula is C55H100O6. The van der Waals surface area contributed by atoms with E-state index in [1.54, 1.807) is 0 Å². The number of allylic oxidation sites excluding steroid dienone is 6. The Morgan fingerprint density at radius 2 is 0.639 bits per heavy atom. The largest absolute Gasteiger partial charge is 0.462 e. The van der Waals surface area contributed by atoms with Gasteiger partial charge >= 0.3 is 17.9 Å². The van der Waals surface area contributed by atoms with Crippen LogP contribution in [-0.4, -0.2) is 37.2 Å². The summed E-state index contributed by atoms with van der Waals surface area (Å²) in [7, 11) is 0. The van der Waals surface area contributed by atoms with E-state index in [4.69, 9.17) is 14.2 Å². The SMILES string of the molecule is CC/C=C/C=C/C=C/CCCCCCCC(=O)OCC(COC(=O)CCCCCCCCCCCCCCCCCC)OC(=O)CCCCCCCCCCCCCCCC. The predicted octanol–water partition coefficient (Wildman–Crippen LogP) is 17.3. The molecule has 356 valence electrons. The van der Waals surface area contributed by atoms with Gasteiger partial charge in [0.05, 0.1) is 0 Å². The normalized spacial score (nSPS) is 12.2. The van der Waals surface area contributed by atoms with Gasteiger partial charge in [-0.3, -0.25) is 14.4 Å². The van der Waals surface area contributed by atoms with Crippen molar-refractivity contribution in [2.75, 3.05) is 13.2 Å². The van der Waals surface area contributed by atoms with Crippen LogP contribution in [0.4, 0.5) is 0 Å². The fraction of sp³-hybridized carbons (Fsp3) is 0.836. The second-order valence-electron chi connectivity index (χ2n) is 17.8. The highest BCUT2D eigenvalue weighted by atomic mass is 16.6. The van der Waals surface area contributed by atoms with Crippen molar-refractivity contribution >= 4 is 17.9 Å². The molecule has 0 bridgehead atoms. The molecule has 0 spiro atoms. The molecule has 0 aromatic heterocycles. The van der Waals surface area contributed by atoms with Crippen molar-refractivity contribution < 1.29 is 28.6 Å². The van der Waals surface area contributed by atoms with Gasteiger partial charge in [-0.1, -0.05) is 256 Å². The van der Waals surface area contributed by atoms with Crippen LogP contribution in [0.1, 0.15) is 278 Å². The molecule has 0 rings (SSSR count). The lowest BCUT2D eigenvalue weighted by Gasteiger charge is -2.18. The fourth-order valence-electron chi connectivity index (χ4n) is 7.74. The average molecular weight is 857 g/mol. The first-order valence-electron chi connectivity index (χ1n) is 26.5. The van der Waals surface area contributed by atoms with Crippen LogP contribution in [0.5, 0.6) is 0 Å². The summed E-state index contributed by atoms with van der Waals surface area (Å²) in [4.78, 5) is 38.0. The van der Waals surface area contributed by atoms with Crippen LogP contribution in [0.2, 0.25) is 0 Å². The van der Waals surface area contributed by atoms with Gasteiger partial charge in [-0.2, -0.15) is 0 Å². The van der Waals surface area contributed by atoms with E-state index in [1.165, 1.54) is 154 Å². The lowest BCUT2D eigenvalue weighted by Crippen LogP contribution is -2.30. The highest BCUT2D eigenvalue weighted by molar-refractivity contribution is 5.71. The van der Waals surface area contributed by atoms with E-state index >= 15 is 0 Å². The van der Waals surface area contributed by atoms with E-state index in [-0.39, 0.29) is 31.1 Å². The smallest absolute Gasteiger partial charge is 0.306 e. The lowest BCUT2D eigenvalue weighted by molar-refractivity contribution is -0.167. The van der Waals surface area contributed by atoms with Gasteiger partial charge in [-0.05, 0) is 38.5 Å². The minimum Gasteiger partial charge on any atom is -0.462 e. The topological polar surface area (TPSA) is 78.9 Å². The zero-order valence-electron chi connectivity index (χ0n) is 40.7. The molecule has 0 aliphatic carbocycles. The van der Waals surface area contributed by atoms with Crippen LogP contribution in [0.25, 0.3) is 0 Å². The minimum atomic E-state index is -0.775. The molecule has 0 radical (unpaired) electrons. The van der Waals surface area contributed by atoms with Crippen LogP contribution in [0.3, 0.4) is 0 Å². The summed E-state index contributed by atoms with van der Waals surface area (Å²) in [5.41, 5.74) is 0. The Hall–Kier alpha value is -2.37. The number of hydrogen-bond donors (Lipinski definition) is 0. The Bertz CT molecular complexity index is 1030. The third kappa shape index (κ3) is 48.5. The highest BCUT2D eigenvalue weighted by Gasteiger charge is 2.19. The third-order valence-corrected chi connectivity index (χ3v) is 11.7. The van der Waals surface area contributed by atoms with Crippen molar-refractivity contribution in [2.45, 2.75) is 284 Å². The van der Waals surface area contributed by atoms with Crippen molar-refractivity contribution in [1.82, 2.24) is 0 Å². The van der Waals surface area contributed by atoms with Crippen molar-refractivity contribution in [1.29, 1.82) is 0 Å². The molecule has 6 nitrogen and oxygen atoms in total. The summed E-state index contributed by atoms with van der Waals surface area (Å²) in [6.45, 7) is 6.52. The second-order valence-corrected chi connectivity index (χ2v) is 17.8. The number of rotatable bonds is 48. The minimum absolute atomic E-state index is 0.0743. The first-order chi connectivity index (χ1) is 30.0. The Kier molecular flexibility index (Phi) is 48.3. The van der Waals surface area contributed by atoms with E-state index in [0.717, 1.165) is 83.5 Å². The molecule has 61 heavy (non-hydrogen) atoms. The van der Waals surface area contributed by atoms with Crippen LogP contribution in [-0.2, 0) is 28.6 Å². The molecule has 6 heteroatoms. The monoisotopic (exact) mass is 857 g/mol. The van der Waals surface area contributed by atoms with Crippen LogP contribution in [0, 0.1) is 0 Å². The van der Waals surface area contributed by atoms with Crippen molar-refractivity contribution in [2.24, 2.45) is 0 Å². The van der Waals surface area contributed by atoms with E-state index < -0.39 is 6.10 Å². The molecule has 0 saturated heterocycles. The van der Waals surface area contributed by atoms with Gasteiger partial charge in [0.15, 0.2) is 6.10 Å². The molecule has 0 amide bonds. The Morgan fingerprint density at radius 1 is 0.344 bits per heavy atom. The van der Waals surface area contributed by atoms with Gasteiger partial charge in [0.25, 0.3) is 0 Å². The molecule has 0 saturated carbocycles. The first-order valence-corrected chi connectivity index (χ1v) is 26.5. The summed E-state index contributed by atoms with van der Waals surface area (Å²) in [6.07, 6.45) is 58.4. The Balaban J connectivity index is 4.35. The van der Waals surface area contributed by atoms with E-state index in [2.05, 4.69) is 57.2 Å². The number of hydrogen-bond acceptors (Lipinski definition) is 6. The summed E-state index contributed by atoms with van der Waals surface area (Å²) in [5.74, 6) is -0.881. The summed E-state index contributed by atoms with van der Waals surface area (Å²) in [6, 6.07) is 0. The number of ether oxygens (including phenoxy) is 3. The Morgan fingerprint density at radius 3 is 0.984 bits per heavy atom. The van der Waals surface area contributed by atoms with Crippen LogP contribution < -0.4 is 0 Å². The maximum Gasteiger partial charge on any atom is 0.306 e. The molecule has 0 N–H and O–H groups in total. The highest BCUT2D eigenvalue weighted by Crippen LogP contribution is 2.16. The molecule has 0 aromatic rings. The van der Waals surface area contributed by atoms with Crippen molar-refractivity contribution in [3.63, 3.8) is 0 Å². The van der Waals surface area contributed by atoms with Gasteiger partial charge in [0.1, 0.15) is 13.2 Å². The molecule has 0 fully saturated rings. The number of unbranched alkanes of at least 4 members (excludes halogenated alkanes) is 33. The molecular weight excluding hydrogens is 757 g/mol. The Labute approximate surface area is 378 Å². The van der Waals surface area contributed by atoms with Crippen molar-refractivity contribution in [3.8, 4) is 0 Å². The summed E-state index contributed by atoms with van der Waals surface area (Å²) in [5, 5.41) is 0. The molecule has 0 heterocycles. The summed E-state index contributed by atoms with van der Waals surface area (Å²) >= 11 is 0.